The van der Waals surface area contributed by atoms with Crippen LogP contribution in [0.15, 0.2) is 48.9 Å². The highest BCUT2D eigenvalue weighted by atomic mass is 14.7. The van der Waals surface area contributed by atoms with Crippen LogP contribution in [0.3, 0.4) is 0 Å². The van der Waals surface area contributed by atoms with Crippen LogP contribution in [0, 0.1) is 0 Å². The molecule has 3 heteroatoms. The average molecular weight is 213 g/mol. The molecule has 2 heterocycles. The second-order valence-electron chi connectivity index (χ2n) is 3.85. The zero-order valence-corrected chi connectivity index (χ0v) is 9.08. The lowest BCUT2D eigenvalue weighted by atomic mass is 10.0. The molecule has 0 aliphatic carbocycles. The lowest BCUT2D eigenvalue weighted by Crippen LogP contribution is -2.25. The molecule has 2 rings (SSSR count). The molecule has 0 aromatic carbocycles. The van der Waals surface area contributed by atoms with Crippen LogP contribution in [0.5, 0.6) is 0 Å². The molecular weight excluding hydrogens is 198 g/mol. The van der Waals surface area contributed by atoms with Gasteiger partial charge in [0.2, 0.25) is 0 Å². The van der Waals surface area contributed by atoms with E-state index in [0.29, 0.717) is 0 Å². The van der Waals surface area contributed by atoms with Crippen molar-refractivity contribution < 1.29 is 0 Å². The van der Waals surface area contributed by atoms with E-state index >= 15 is 0 Å². The minimum atomic E-state index is 0.0964. The Balaban J connectivity index is 1.92. The van der Waals surface area contributed by atoms with E-state index in [1.165, 1.54) is 5.56 Å². The van der Waals surface area contributed by atoms with Crippen molar-refractivity contribution in [2.24, 2.45) is 5.73 Å². The highest BCUT2D eigenvalue weighted by Crippen LogP contribution is 2.04. The van der Waals surface area contributed by atoms with Crippen molar-refractivity contribution in [1.82, 2.24) is 9.97 Å². The maximum atomic E-state index is 6.07. The average Bonchev–Trinajstić information content (AvgIpc) is 2.31. The SMILES string of the molecule is NC(Cc1cccnc1)Cc1ccccn1. The van der Waals surface area contributed by atoms with E-state index in [-0.39, 0.29) is 6.04 Å². The maximum Gasteiger partial charge on any atom is 0.0419 e. The van der Waals surface area contributed by atoms with Gasteiger partial charge in [-0.1, -0.05) is 12.1 Å². The van der Waals surface area contributed by atoms with Gasteiger partial charge < -0.3 is 5.73 Å². The summed E-state index contributed by atoms with van der Waals surface area (Å²) in [5.74, 6) is 0. The smallest absolute Gasteiger partial charge is 0.0419 e. The standard InChI is InChI=1S/C13H15N3/c14-12(8-11-4-3-6-15-10-11)9-13-5-1-2-7-16-13/h1-7,10,12H,8-9,14H2. The summed E-state index contributed by atoms with van der Waals surface area (Å²) in [6.45, 7) is 0. The van der Waals surface area contributed by atoms with Crippen LogP contribution in [0.4, 0.5) is 0 Å². The van der Waals surface area contributed by atoms with Crippen molar-refractivity contribution >= 4 is 0 Å². The number of rotatable bonds is 4. The molecule has 0 saturated heterocycles. The van der Waals surface area contributed by atoms with Gasteiger partial charge in [-0.25, -0.2) is 0 Å². The molecule has 3 nitrogen and oxygen atoms in total. The lowest BCUT2D eigenvalue weighted by molar-refractivity contribution is 0.653. The normalized spacial score (nSPS) is 12.3. The first-order valence-electron chi connectivity index (χ1n) is 5.39. The summed E-state index contributed by atoms with van der Waals surface area (Å²) in [7, 11) is 0. The van der Waals surface area contributed by atoms with Gasteiger partial charge in [-0.3, -0.25) is 9.97 Å². The van der Waals surface area contributed by atoms with E-state index in [4.69, 9.17) is 5.73 Å². The zero-order chi connectivity index (χ0) is 11.2. The second-order valence-corrected chi connectivity index (χ2v) is 3.85. The van der Waals surface area contributed by atoms with E-state index in [2.05, 4.69) is 9.97 Å². The largest absolute Gasteiger partial charge is 0.327 e. The Morgan fingerprint density at radius 1 is 1.06 bits per heavy atom. The summed E-state index contributed by atoms with van der Waals surface area (Å²) in [5, 5.41) is 0. The molecular formula is C13H15N3. The van der Waals surface area contributed by atoms with E-state index in [1.54, 1.807) is 12.4 Å². The first kappa shape index (κ1) is 10.8. The Kier molecular flexibility index (Phi) is 3.62. The van der Waals surface area contributed by atoms with Crippen molar-refractivity contribution in [3.8, 4) is 0 Å². The quantitative estimate of drug-likeness (QED) is 0.839. The van der Waals surface area contributed by atoms with Gasteiger partial charge in [0.1, 0.15) is 0 Å². The fraction of sp³-hybridized carbons (Fsp3) is 0.231. The molecule has 0 aliphatic heterocycles. The number of aromatic nitrogens is 2. The molecule has 0 saturated carbocycles. The topological polar surface area (TPSA) is 51.8 Å². The summed E-state index contributed by atoms with van der Waals surface area (Å²) in [4.78, 5) is 8.34. The van der Waals surface area contributed by atoms with Crippen LogP contribution >= 0.6 is 0 Å². The van der Waals surface area contributed by atoms with Crippen LogP contribution < -0.4 is 5.73 Å². The maximum absolute atomic E-state index is 6.07. The second kappa shape index (κ2) is 5.37. The fourth-order valence-corrected chi connectivity index (χ4v) is 1.68. The lowest BCUT2D eigenvalue weighted by Gasteiger charge is -2.10. The molecule has 0 aliphatic rings. The Morgan fingerprint density at radius 2 is 2.00 bits per heavy atom. The van der Waals surface area contributed by atoms with Gasteiger partial charge in [0, 0.05) is 36.7 Å². The van der Waals surface area contributed by atoms with Gasteiger partial charge in [0.25, 0.3) is 0 Å². The van der Waals surface area contributed by atoms with Gasteiger partial charge in [0.05, 0.1) is 0 Å². The van der Waals surface area contributed by atoms with Crippen LogP contribution in [0.1, 0.15) is 11.3 Å². The summed E-state index contributed by atoms with van der Waals surface area (Å²) >= 11 is 0. The van der Waals surface area contributed by atoms with Gasteiger partial charge in [-0.2, -0.15) is 0 Å². The molecule has 1 unspecified atom stereocenters. The van der Waals surface area contributed by atoms with Crippen LogP contribution in [0.2, 0.25) is 0 Å². The summed E-state index contributed by atoms with van der Waals surface area (Å²) in [6, 6.07) is 9.98. The molecule has 16 heavy (non-hydrogen) atoms. The van der Waals surface area contributed by atoms with Gasteiger partial charge >= 0.3 is 0 Å². The van der Waals surface area contributed by atoms with Crippen LogP contribution in [-0.2, 0) is 12.8 Å². The first-order chi connectivity index (χ1) is 7.84. The van der Waals surface area contributed by atoms with Crippen LogP contribution in [0.25, 0.3) is 0 Å². The molecule has 0 amide bonds. The fourth-order valence-electron chi connectivity index (χ4n) is 1.68. The van der Waals surface area contributed by atoms with Gasteiger partial charge in [-0.05, 0) is 30.2 Å². The highest BCUT2D eigenvalue weighted by Gasteiger charge is 2.05. The third kappa shape index (κ3) is 3.14. The third-order valence-electron chi connectivity index (χ3n) is 2.42. The van der Waals surface area contributed by atoms with E-state index in [0.717, 1.165) is 18.5 Å². The van der Waals surface area contributed by atoms with Gasteiger partial charge in [-0.15, -0.1) is 0 Å². The Morgan fingerprint density at radius 3 is 2.69 bits per heavy atom. The van der Waals surface area contributed by atoms with Crippen molar-refractivity contribution in [3.63, 3.8) is 0 Å². The van der Waals surface area contributed by atoms with Crippen molar-refractivity contribution in [1.29, 1.82) is 0 Å². The Bertz CT molecular complexity index is 372. The molecule has 82 valence electrons. The highest BCUT2D eigenvalue weighted by molar-refractivity contribution is 5.12. The molecule has 2 aromatic rings. The molecule has 2 N–H and O–H groups in total. The molecule has 0 radical (unpaired) electrons. The predicted molar refractivity (Wildman–Crippen MR) is 63.9 cm³/mol. The summed E-state index contributed by atoms with van der Waals surface area (Å²) < 4.78 is 0. The Hall–Kier alpha value is -1.74. The van der Waals surface area contributed by atoms with Crippen molar-refractivity contribution in [3.05, 3.63) is 60.2 Å². The summed E-state index contributed by atoms with van der Waals surface area (Å²) in [6.07, 6.45) is 7.07. The van der Waals surface area contributed by atoms with E-state index in [1.807, 2.05) is 36.5 Å². The summed E-state index contributed by atoms with van der Waals surface area (Å²) in [5.41, 5.74) is 8.28. The molecule has 2 aromatic heterocycles. The van der Waals surface area contributed by atoms with E-state index < -0.39 is 0 Å². The zero-order valence-electron chi connectivity index (χ0n) is 9.08. The van der Waals surface area contributed by atoms with Crippen molar-refractivity contribution in [2.75, 3.05) is 0 Å². The molecule has 0 spiro atoms. The monoisotopic (exact) mass is 213 g/mol. The predicted octanol–water partition coefficient (Wildman–Crippen LogP) is 1.59. The number of pyridine rings is 2. The minimum Gasteiger partial charge on any atom is -0.327 e. The number of hydrogen-bond donors (Lipinski definition) is 1. The molecule has 0 bridgehead atoms. The Labute approximate surface area is 95.4 Å². The third-order valence-corrected chi connectivity index (χ3v) is 2.42. The minimum absolute atomic E-state index is 0.0964. The number of nitrogens with two attached hydrogens (primary N) is 1. The number of hydrogen-bond acceptors (Lipinski definition) is 3. The van der Waals surface area contributed by atoms with E-state index in [9.17, 15) is 0 Å². The molecule has 0 fully saturated rings. The van der Waals surface area contributed by atoms with Crippen LogP contribution in [-0.4, -0.2) is 16.0 Å². The number of nitrogens with zero attached hydrogens (tertiary/aromatic N) is 2. The first-order valence-corrected chi connectivity index (χ1v) is 5.39. The van der Waals surface area contributed by atoms with Crippen molar-refractivity contribution in [2.45, 2.75) is 18.9 Å². The van der Waals surface area contributed by atoms with Gasteiger partial charge in [0.15, 0.2) is 0 Å². The molecule has 1 atom stereocenters.